The first-order valence-corrected chi connectivity index (χ1v) is 3.09. The number of carbonyl (C=O) groups is 1. The van der Waals surface area contributed by atoms with Gasteiger partial charge in [-0.1, -0.05) is 7.43 Å². The number of hydrogen-bond acceptors (Lipinski definition) is 4. The molecule has 0 saturated heterocycles. The first-order chi connectivity index (χ1) is 4.20. The molecule has 0 saturated carbocycles. The molecule has 56 valence electrons. The SMILES string of the molecule is C.NC(=O)c1csc(N)n1. The zero-order chi connectivity index (χ0) is 6.85. The second-order valence-electron chi connectivity index (χ2n) is 1.44. The Morgan fingerprint density at radius 1 is 1.70 bits per heavy atom. The van der Waals surface area contributed by atoms with Gasteiger partial charge in [0.2, 0.25) is 0 Å². The molecule has 0 aromatic carbocycles. The third-order valence-electron chi connectivity index (χ3n) is 0.774. The van der Waals surface area contributed by atoms with Crippen LogP contribution in [0.4, 0.5) is 5.13 Å². The number of thiazole rings is 1. The summed E-state index contributed by atoms with van der Waals surface area (Å²) in [6.45, 7) is 0. The van der Waals surface area contributed by atoms with Gasteiger partial charge in [-0.25, -0.2) is 4.98 Å². The minimum atomic E-state index is -0.539. The van der Waals surface area contributed by atoms with Gasteiger partial charge in [-0.3, -0.25) is 4.79 Å². The third kappa shape index (κ3) is 1.70. The van der Waals surface area contributed by atoms with E-state index in [4.69, 9.17) is 11.5 Å². The quantitative estimate of drug-likeness (QED) is 0.624. The van der Waals surface area contributed by atoms with Crippen LogP contribution in [0.1, 0.15) is 17.9 Å². The van der Waals surface area contributed by atoms with Gasteiger partial charge >= 0.3 is 0 Å². The summed E-state index contributed by atoms with van der Waals surface area (Å²) in [6.07, 6.45) is 0. The largest absolute Gasteiger partial charge is 0.375 e. The first-order valence-electron chi connectivity index (χ1n) is 2.21. The topological polar surface area (TPSA) is 82.0 Å². The molecule has 0 aliphatic rings. The molecule has 1 heterocycles. The van der Waals surface area contributed by atoms with Crippen LogP contribution < -0.4 is 11.5 Å². The number of aromatic nitrogens is 1. The van der Waals surface area contributed by atoms with Crippen molar-refractivity contribution in [1.29, 1.82) is 0 Å². The predicted molar refractivity (Wildman–Crippen MR) is 41.8 cm³/mol. The average molecular weight is 159 g/mol. The summed E-state index contributed by atoms with van der Waals surface area (Å²) >= 11 is 1.20. The number of nitrogens with zero attached hydrogens (tertiary/aromatic N) is 1. The summed E-state index contributed by atoms with van der Waals surface area (Å²) in [5.41, 5.74) is 10.3. The summed E-state index contributed by atoms with van der Waals surface area (Å²) in [6, 6.07) is 0. The van der Waals surface area contributed by atoms with E-state index in [2.05, 4.69) is 4.98 Å². The fourth-order valence-corrected chi connectivity index (χ4v) is 0.953. The maximum Gasteiger partial charge on any atom is 0.268 e. The molecule has 1 rings (SSSR count). The highest BCUT2D eigenvalue weighted by atomic mass is 32.1. The number of nitrogen functional groups attached to an aromatic ring is 1. The number of anilines is 1. The molecule has 0 unspecified atom stereocenters. The number of nitrogens with two attached hydrogens (primary N) is 2. The Balaban J connectivity index is 0.000000810. The molecule has 1 amide bonds. The molecular weight excluding hydrogens is 150 g/mol. The van der Waals surface area contributed by atoms with E-state index in [0.29, 0.717) is 5.13 Å². The summed E-state index contributed by atoms with van der Waals surface area (Å²) < 4.78 is 0. The summed E-state index contributed by atoms with van der Waals surface area (Å²) in [7, 11) is 0. The molecule has 0 bridgehead atoms. The molecule has 4 N–H and O–H groups in total. The van der Waals surface area contributed by atoms with Crippen LogP contribution in [0.3, 0.4) is 0 Å². The summed E-state index contributed by atoms with van der Waals surface area (Å²) in [5, 5.41) is 1.89. The maximum atomic E-state index is 10.3. The van der Waals surface area contributed by atoms with Crippen LogP contribution in [-0.2, 0) is 0 Å². The van der Waals surface area contributed by atoms with Crippen LogP contribution in [0.15, 0.2) is 5.38 Å². The Labute approximate surface area is 62.9 Å². The summed E-state index contributed by atoms with van der Waals surface area (Å²) in [5.74, 6) is -0.539. The molecule has 1 aromatic rings. The smallest absolute Gasteiger partial charge is 0.268 e. The van der Waals surface area contributed by atoms with E-state index in [1.54, 1.807) is 0 Å². The first kappa shape index (κ1) is 8.90. The molecular formula is C5H9N3OS. The molecule has 5 heteroatoms. The Hall–Kier alpha value is -1.10. The lowest BCUT2D eigenvalue weighted by Gasteiger charge is -1.80. The number of hydrogen-bond donors (Lipinski definition) is 2. The monoisotopic (exact) mass is 159 g/mol. The molecule has 0 radical (unpaired) electrons. The van der Waals surface area contributed by atoms with E-state index in [9.17, 15) is 4.79 Å². The van der Waals surface area contributed by atoms with Crippen LogP contribution in [0.2, 0.25) is 0 Å². The van der Waals surface area contributed by atoms with Crippen LogP contribution >= 0.6 is 11.3 Å². The fourth-order valence-electron chi connectivity index (χ4n) is 0.401. The van der Waals surface area contributed by atoms with E-state index in [1.807, 2.05) is 0 Å². The van der Waals surface area contributed by atoms with E-state index in [0.717, 1.165) is 0 Å². The number of amides is 1. The highest BCUT2D eigenvalue weighted by Crippen LogP contribution is 2.09. The highest BCUT2D eigenvalue weighted by Gasteiger charge is 2.02. The zero-order valence-corrected chi connectivity index (χ0v) is 5.31. The molecule has 10 heavy (non-hydrogen) atoms. The van der Waals surface area contributed by atoms with Crippen LogP contribution in [0, 0.1) is 0 Å². The Morgan fingerprint density at radius 2 is 2.30 bits per heavy atom. The lowest BCUT2D eigenvalue weighted by atomic mass is 10.5. The third-order valence-corrected chi connectivity index (χ3v) is 1.45. The zero-order valence-electron chi connectivity index (χ0n) is 4.50. The Bertz CT molecular complexity index is 233. The minimum Gasteiger partial charge on any atom is -0.375 e. The van der Waals surface area contributed by atoms with Crippen molar-refractivity contribution in [1.82, 2.24) is 4.98 Å². The molecule has 1 aromatic heterocycles. The van der Waals surface area contributed by atoms with Crippen LogP contribution in [0.25, 0.3) is 0 Å². The predicted octanol–water partition coefficient (Wildman–Crippen LogP) is 0.460. The van der Waals surface area contributed by atoms with E-state index in [-0.39, 0.29) is 13.1 Å². The normalized spacial score (nSPS) is 8.40. The number of primary amides is 1. The molecule has 0 atom stereocenters. The number of carbonyl (C=O) groups excluding carboxylic acids is 1. The number of rotatable bonds is 1. The van der Waals surface area contributed by atoms with Crippen LogP contribution in [-0.4, -0.2) is 10.9 Å². The molecule has 0 aliphatic carbocycles. The van der Waals surface area contributed by atoms with Crippen molar-refractivity contribution in [2.45, 2.75) is 7.43 Å². The average Bonchev–Trinajstić information content (AvgIpc) is 2.14. The van der Waals surface area contributed by atoms with Gasteiger partial charge in [-0.2, -0.15) is 0 Å². The maximum absolute atomic E-state index is 10.3. The van der Waals surface area contributed by atoms with Gasteiger partial charge in [0.25, 0.3) is 5.91 Å². The Morgan fingerprint density at radius 3 is 2.50 bits per heavy atom. The lowest BCUT2D eigenvalue weighted by Crippen LogP contribution is -2.11. The lowest BCUT2D eigenvalue weighted by molar-refractivity contribution is 0.0996. The van der Waals surface area contributed by atoms with Crippen molar-refractivity contribution in [3.05, 3.63) is 11.1 Å². The molecule has 0 spiro atoms. The van der Waals surface area contributed by atoms with Crippen molar-refractivity contribution in [2.75, 3.05) is 5.73 Å². The van der Waals surface area contributed by atoms with Gasteiger partial charge in [-0.15, -0.1) is 11.3 Å². The fraction of sp³-hybridized carbons (Fsp3) is 0.200. The van der Waals surface area contributed by atoms with Crippen molar-refractivity contribution < 1.29 is 4.79 Å². The van der Waals surface area contributed by atoms with E-state index < -0.39 is 5.91 Å². The van der Waals surface area contributed by atoms with Crippen molar-refractivity contribution >= 4 is 22.4 Å². The van der Waals surface area contributed by atoms with Crippen molar-refractivity contribution in [3.8, 4) is 0 Å². The second-order valence-corrected chi connectivity index (χ2v) is 2.32. The standard InChI is InChI=1S/C4H5N3OS.CH4/c5-3(8)2-1-9-4(6)7-2;/h1H,(H2,5,8)(H2,6,7);1H4. The van der Waals surface area contributed by atoms with Crippen molar-refractivity contribution in [3.63, 3.8) is 0 Å². The highest BCUT2D eigenvalue weighted by molar-refractivity contribution is 7.13. The molecule has 0 fully saturated rings. The Kier molecular flexibility index (Phi) is 2.82. The second kappa shape index (κ2) is 3.17. The van der Waals surface area contributed by atoms with Crippen molar-refractivity contribution in [2.24, 2.45) is 5.73 Å². The minimum absolute atomic E-state index is 0. The van der Waals surface area contributed by atoms with Crippen LogP contribution in [0.5, 0.6) is 0 Å². The van der Waals surface area contributed by atoms with Gasteiger partial charge < -0.3 is 11.5 Å². The van der Waals surface area contributed by atoms with E-state index >= 15 is 0 Å². The van der Waals surface area contributed by atoms with Gasteiger partial charge in [0, 0.05) is 5.38 Å². The van der Waals surface area contributed by atoms with E-state index in [1.165, 1.54) is 16.7 Å². The molecule has 0 aliphatic heterocycles. The summed E-state index contributed by atoms with van der Waals surface area (Å²) in [4.78, 5) is 14.0. The van der Waals surface area contributed by atoms with Gasteiger partial charge in [-0.05, 0) is 0 Å². The van der Waals surface area contributed by atoms with Gasteiger partial charge in [0.1, 0.15) is 5.69 Å². The van der Waals surface area contributed by atoms with Gasteiger partial charge in [0.05, 0.1) is 0 Å². The van der Waals surface area contributed by atoms with Gasteiger partial charge in [0.15, 0.2) is 5.13 Å². The molecule has 4 nitrogen and oxygen atoms in total.